The monoisotopic (exact) mass is 451 g/mol. The number of hydrogen-bond acceptors (Lipinski definition) is 5. The molecule has 2 amide bonds. The summed E-state index contributed by atoms with van der Waals surface area (Å²) in [4.78, 5) is 16.7. The van der Waals surface area contributed by atoms with Gasteiger partial charge in [-0.3, -0.25) is 4.90 Å². The van der Waals surface area contributed by atoms with E-state index in [1.165, 1.54) is 0 Å². The summed E-state index contributed by atoms with van der Waals surface area (Å²) in [5.74, 6) is 1.34. The molecule has 0 saturated carbocycles. The maximum Gasteiger partial charge on any atom is 0.321 e. The van der Waals surface area contributed by atoms with Crippen LogP contribution in [0.1, 0.15) is 36.5 Å². The first-order valence-electron chi connectivity index (χ1n) is 11.5. The number of urea groups is 1. The molecule has 2 aliphatic heterocycles. The van der Waals surface area contributed by atoms with Gasteiger partial charge < -0.3 is 24.8 Å². The molecular weight excluding hydrogens is 418 g/mol. The van der Waals surface area contributed by atoms with Crippen LogP contribution in [-0.4, -0.2) is 62.5 Å². The molecule has 2 heterocycles. The fraction of sp³-hybridized carbons (Fsp3) is 0.423. The Hall–Kier alpha value is -3.19. The van der Waals surface area contributed by atoms with Crippen LogP contribution in [0.3, 0.4) is 0 Å². The maximum atomic E-state index is 12.7. The molecule has 2 aromatic rings. The molecule has 1 atom stereocenters. The second kappa shape index (κ2) is 9.75. The molecule has 0 aliphatic carbocycles. The van der Waals surface area contributed by atoms with Crippen LogP contribution >= 0.6 is 0 Å². The van der Waals surface area contributed by atoms with Crippen molar-refractivity contribution in [2.24, 2.45) is 0 Å². The predicted molar refractivity (Wildman–Crippen MR) is 130 cm³/mol. The van der Waals surface area contributed by atoms with Gasteiger partial charge in [-0.25, -0.2) is 4.79 Å². The average Bonchev–Trinajstić information content (AvgIpc) is 2.98. The van der Waals surface area contributed by atoms with Crippen molar-refractivity contribution in [2.45, 2.75) is 38.3 Å². The van der Waals surface area contributed by atoms with Gasteiger partial charge in [0.1, 0.15) is 0 Å². The summed E-state index contributed by atoms with van der Waals surface area (Å²) < 4.78 is 11.1. The summed E-state index contributed by atoms with van der Waals surface area (Å²) >= 11 is 0. The van der Waals surface area contributed by atoms with Crippen molar-refractivity contribution in [1.29, 1.82) is 0 Å². The third kappa shape index (κ3) is 4.64. The van der Waals surface area contributed by atoms with Crippen molar-refractivity contribution in [3.63, 3.8) is 0 Å². The van der Waals surface area contributed by atoms with Gasteiger partial charge in [0.25, 0.3) is 0 Å². The molecular formula is C26H33N3O4. The van der Waals surface area contributed by atoms with E-state index in [1.54, 1.807) is 26.2 Å². The minimum atomic E-state index is -0.196. The van der Waals surface area contributed by atoms with Gasteiger partial charge in [0, 0.05) is 43.6 Å². The fourth-order valence-corrected chi connectivity index (χ4v) is 4.69. The van der Waals surface area contributed by atoms with Gasteiger partial charge in [0.05, 0.1) is 20.3 Å². The second-order valence-electron chi connectivity index (χ2n) is 8.69. The molecule has 7 nitrogen and oxygen atoms in total. The Bertz CT molecular complexity index is 1030. The number of hydrogen-bond donors (Lipinski definition) is 2. The average molecular weight is 452 g/mol. The normalized spacial score (nSPS) is 18.8. The molecule has 2 N–H and O–H groups in total. The van der Waals surface area contributed by atoms with E-state index in [1.807, 2.05) is 25.3 Å². The number of nitrogens with one attached hydrogen (secondary N) is 1. The van der Waals surface area contributed by atoms with Crippen molar-refractivity contribution in [2.75, 3.05) is 39.3 Å². The number of ether oxygens (including phenoxy) is 2. The van der Waals surface area contributed by atoms with Gasteiger partial charge in [-0.05, 0) is 67.1 Å². The highest BCUT2D eigenvalue weighted by molar-refractivity contribution is 5.87. The lowest BCUT2D eigenvalue weighted by molar-refractivity contribution is 0.145. The van der Waals surface area contributed by atoms with Crippen LogP contribution < -0.4 is 19.7 Å². The SMILES string of the molecule is CNC(=O)N1C=C(c2ccc(N3CCC(O)CC3)cc2)c2cc(OC)c(OC)cc2CC1C. The van der Waals surface area contributed by atoms with E-state index in [0.717, 1.165) is 53.9 Å². The summed E-state index contributed by atoms with van der Waals surface area (Å²) in [6, 6.07) is 12.3. The number of carbonyl (C=O) groups excluding carboxylic acids is 1. The molecule has 0 bridgehead atoms. The van der Waals surface area contributed by atoms with Crippen LogP contribution in [0.15, 0.2) is 42.6 Å². The van der Waals surface area contributed by atoms with Crippen LogP contribution in [0.2, 0.25) is 0 Å². The van der Waals surface area contributed by atoms with Crippen LogP contribution in [0, 0.1) is 0 Å². The molecule has 2 aliphatic rings. The van der Waals surface area contributed by atoms with Crippen LogP contribution in [0.5, 0.6) is 11.5 Å². The minimum absolute atomic E-state index is 0.0293. The smallest absolute Gasteiger partial charge is 0.321 e. The number of amides is 2. The van der Waals surface area contributed by atoms with Gasteiger partial charge >= 0.3 is 6.03 Å². The fourth-order valence-electron chi connectivity index (χ4n) is 4.69. The Balaban J connectivity index is 1.77. The first-order chi connectivity index (χ1) is 15.9. The molecule has 176 valence electrons. The number of nitrogens with zero attached hydrogens (tertiary/aromatic N) is 2. The lowest BCUT2D eigenvalue weighted by Gasteiger charge is -2.31. The summed E-state index contributed by atoms with van der Waals surface area (Å²) in [6.45, 7) is 3.75. The highest BCUT2D eigenvalue weighted by Gasteiger charge is 2.27. The number of anilines is 1. The Morgan fingerprint density at radius 3 is 2.30 bits per heavy atom. The van der Waals surface area contributed by atoms with Crippen molar-refractivity contribution < 1.29 is 19.4 Å². The number of benzene rings is 2. The predicted octanol–water partition coefficient (Wildman–Crippen LogP) is 3.64. The largest absolute Gasteiger partial charge is 0.493 e. The Labute approximate surface area is 195 Å². The third-order valence-electron chi connectivity index (χ3n) is 6.61. The number of aliphatic hydroxyl groups excluding tert-OH is 1. The zero-order valence-corrected chi connectivity index (χ0v) is 19.8. The van der Waals surface area contributed by atoms with Crippen LogP contribution in [0.4, 0.5) is 10.5 Å². The van der Waals surface area contributed by atoms with Gasteiger partial charge in [-0.2, -0.15) is 0 Å². The highest BCUT2D eigenvalue weighted by Crippen LogP contribution is 2.39. The van der Waals surface area contributed by atoms with Gasteiger partial charge in [-0.15, -0.1) is 0 Å². The van der Waals surface area contributed by atoms with Gasteiger partial charge in [-0.1, -0.05) is 12.1 Å². The van der Waals surface area contributed by atoms with Crippen LogP contribution in [-0.2, 0) is 6.42 Å². The first-order valence-corrected chi connectivity index (χ1v) is 11.5. The Morgan fingerprint density at radius 2 is 1.70 bits per heavy atom. The van der Waals surface area contributed by atoms with Crippen molar-refractivity contribution in [3.8, 4) is 11.5 Å². The first kappa shape index (κ1) is 23.0. The Kier molecular flexibility index (Phi) is 6.79. The molecule has 0 radical (unpaired) electrons. The highest BCUT2D eigenvalue weighted by atomic mass is 16.5. The number of aliphatic hydroxyl groups is 1. The number of rotatable bonds is 4. The topological polar surface area (TPSA) is 74.3 Å². The molecule has 33 heavy (non-hydrogen) atoms. The lowest BCUT2D eigenvalue weighted by atomic mass is 9.92. The molecule has 0 aromatic heterocycles. The van der Waals surface area contributed by atoms with Crippen molar-refractivity contribution >= 4 is 17.3 Å². The number of carbonyl (C=O) groups is 1. The number of fused-ring (bicyclic) bond motifs is 1. The van der Waals surface area contributed by atoms with E-state index in [9.17, 15) is 9.90 Å². The standard InChI is InChI=1S/C26H33N3O4/c1-17-13-19-14-24(32-3)25(33-4)15-22(19)23(16-29(17)26(31)27-2)18-5-7-20(8-6-18)28-11-9-21(30)10-12-28/h5-8,14-17,21,30H,9-13H2,1-4H3,(H,27,31). The second-order valence-corrected chi connectivity index (χ2v) is 8.69. The summed E-state index contributed by atoms with van der Waals surface area (Å²) in [5, 5.41) is 12.6. The van der Waals surface area contributed by atoms with Gasteiger partial charge in [0.2, 0.25) is 0 Å². The van der Waals surface area contributed by atoms with E-state index in [4.69, 9.17) is 9.47 Å². The van der Waals surface area contributed by atoms with Gasteiger partial charge in [0.15, 0.2) is 11.5 Å². The molecule has 1 fully saturated rings. The van der Waals surface area contributed by atoms with E-state index < -0.39 is 0 Å². The van der Waals surface area contributed by atoms with E-state index in [0.29, 0.717) is 17.9 Å². The van der Waals surface area contributed by atoms with Crippen molar-refractivity contribution in [1.82, 2.24) is 10.2 Å². The lowest BCUT2D eigenvalue weighted by Crippen LogP contribution is -2.40. The molecule has 4 rings (SSSR count). The van der Waals surface area contributed by atoms with E-state index >= 15 is 0 Å². The van der Waals surface area contributed by atoms with E-state index in [-0.39, 0.29) is 18.2 Å². The van der Waals surface area contributed by atoms with Crippen LogP contribution in [0.25, 0.3) is 5.57 Å². The molecule has 1 saturated heterocycles. The zero-order chi connectivity index (χ0) is 23.5. The summed E-state index contributed by atoms with van der Waals surface area (Å²) in [5.41, 5.74) is 5.25. The maximum absolute atomic E-state index is 12.7. The third-order valence-corrected chi connectivity index (χ3v) is 6.61. The molecule has 7 heteroatoms. The van der Waals surface area contributed by atoms with Crippen molar-refractivity contribution in [3.05, 3.63) is 59.3 Å². The minimum Gasteiger partial charge on any atom is -0.493 e. The number of methoxy groups -OCH3 is 2. The summed E-state index contributed by atoms with van der Waals surface area (Å²) in [6.07, 6.45) is 4.02. The Morgan fingerprint density at radius 1 is 1.06 bits per heavy atom. The quantitative estimate of drug-likeness (QED) is 0.743. The molecule has 1 unspecified atom stereocenters. The van der Waals surface area contributed by atoms with E-state index in [2.05, 4.69) is 34.5 Å². The molecule has 2 aromatic carbocycles. The zero-order valence-electron chi connectivity index (χ0n) is 19.8. The molecule has 0 spiro atoms. The summed E-state index contributed by atoms with van der Waals surface area (Å²) in [7, 11) is 4.92. The number of piperidine rings is 1.